The Labute approximate surface area is 167 Å². The fourth-order valence-electron chi connectivity index (χ4n) is 2.39. The molecule has 0 unspecified atom stereocenters. The lowest BCUT2D eigenvalue weighted by Crippen LogP contribution is -2.24. The number of thioether (sulfide) groups is 1. The van der Waals surface area contributed by atoms with Crippen molar-refractivity contribution < 1.29 is 18.8 Å². The molecule has 0 saturated carbocycles. The minimum absolute atomic E-state index is 0.0808. The van der Waals surface area contributed by atoms with Crippen molar-refractivity contribution in [2.75, 3.05) is 20.0 Å². The highest BCUT2D eigenvalue weighted by Crippen LogP contribution is 2.20. The number of rotatable bonds is 9. The summed E-state index contributed by atoms with van der Waals surface area (Å²) in [6.45, 7) is 0.199. The third kappa shape index (κ3) is 5.50. The van der Waals surface area contributed by atoms with Gasteiger partial charge in [0.1, 0.15) is 11.5 Å². The number of aromatic nitrogens is 2. The van der Waals surface area contributed by atoms with Gasteiger partial charge in [-0.15, -0.1) is 11.8 Å². The summed E-state index contributed by atoms with van der Waals surface area (Å²) in [5.74, 6) is 3.43. The molecule has 3 aromatic rings. The van der Waals surface area contributed by atoms with Crippen LogP contribution in [0.3, 0.4) is 0 Å². The molecule has 3 rings (SSSR count). The second-order valence-corrected chi connectivity index (χ2v) is 6.84. The van der Waals surface area contributed by atoms with Crippen LogP contribution in [0.4, 0.5) is 0 Å². The maximum absolute atomic E-state index is 12.0. The number of carbonyl (C=O) groups is 1. The lowest BCUT2D eigenvalue weighted by Gasteiger charge is -2.04. The van der Waals surface area contributed by atoms with Gasteiger partial charge in [0, 0.05) is 11.3 Å². The molecule has 0 saturated heterocycles. The quantitative estimate of drug-likeness (QED) is 0.591. The molecular weight excluding hydrogens is 378 g/mol. The number of benzene rings is 2. The normalized spacial score (nSPS) is 10.5. The molecule has 2 aromatic carbocycles. The Morgan fingerprint density at radius 1 is 1.04 bits per heavy atom. The molecule has 146 valence electrons. The Balaban J connectivity index is 1.42. The molecule has 0 atom stereocenters. The number of hydrogen-bond acceptors (Lipinski definition) is 7. The molecule has 0 aliphatic heterocycles. The van der Waals surface area contributed by atoms with Crippen molar-refractivity contribution in [1.29, 1.82) is 0 Å². The van der Waals surface area contributed by atoms with E-state index in [4.69, 9.17) is 14.0 Å². The summed E-state index contributed by atoms with van der Waals surface area (Å²) in [4.78, 5) is 16.3. The van der Waals surface area contributed by atoms with E-state index in [0.717, 1.165) is 28.4 Å². The summed E-state index contributed by atoms with van der Waals surface area (Å²) in [5.41, 5.74) is 1.96. The highest BCUT2D eigenvalue weighted by molar-refractivity contribution is 7.99. The zero-order valence-electron chi connectivity index (χ0n) is 15.7. The minimum Gasteiger partial charge on any atom is -0.497 e. The topological polar surface area (TPSA) is 86.5 Å². The van der Waals surface area contributed by atoms with Gasteiger partial charge in [0.15, 0.2) is 0 Å². The van der Waals surface area contributed by atoms with E-state index >= 15 is 0 Å². The summed E-state index contributed by atoms with van der Waals surface area (Å²) in [5, 5.41) is 6.73. The standard InChI is InChI=1S/C20H21N3O4S/c1-25-16-7-3-14(4-8-16)12-28-13-18(24)21-11-19-22-20(23-27-19)15-5-9-17(26-2)10-6-15/h3-10H,11-13H2,1-2H3,(H,21,24). The van der Waals surface area contributed by atoms with Gasteiger partial charge in [-0.2, -0.15) is 4.98 Å². The zero-order chi connectivity index (χ0) is 19.8. The summed E-state index contributed by atoms with van der Waals surface area (Å²) in [7, 11) is 3.25. The molecule has 0 bridgehead atoms. The first-order valence-electron chi connectivity index (χ1n) is 8.62. The van der Waals surface area contributed by atoms with Gasteiger partial charge < -0.3 is 19.3 Å². The maximum Gasteiger partial charge on any atom is 0.246 e. The zero-order valence-corrected chi connectivity index (χ0v) is 16.5. The summed E-state index contributed by atoms with van der Waals surface area (Å²) in [6, 6.07) is 15.1. The van der Waals surface area contributed by atoms with Crippen LogP contribution < -0.4 is 14.8 Å². The highest BCUT2D eigenvalue weighted by Gasteiger charge is 2.10. The number of amides is 1. The Bertz CT molecular complexity index is 895. The van der Waals surface area contributed by atoms with Crippen molar-refractivity contribution in [3.63, 3.8) is 0 Å². The molecule has 0 radical (unpaired) electrons. The molecular formula is C20H21N3O4S. The molecule has 1 N–H and O–H groups in total. The van der Waals surface area contributed by atoms with Crippen molar-refractivity contribution in [2.45, 2.75) is 12.3 Å². The summed E-state index contributed by atoms with van der Waals surface area (Å²) >= 11 is 1.54. The Hall–Kier alpha value is -3.00. The largest absolute Gasteiger partial charge is 0.497 e. The molecule has 0 spiro atoms. The first-order chi connectivity index (χ1) is 13.7. The predicted octanol–water partition coefficient (Wildman–Crippen LogP) is 3.30. The Kier molecular flexibility index (Phi) is 6.91. The van der Waals surface area contributed by atoms with Crippen LogP contribution in [0.25, 0.3) is 11.4 Å². The predicted molar refractivity (Wildman–Crippen MR) is 107 cm³/mol. The van der Waals surface area contributed by atoms with Gasteiger partial charge in [-0.25, -0.2) is 0 Å². The Morgan fingerprint density at radius 2 is 1.68 bits per heavy atom. The van der Waals surface area contributed by atoms with Crippen LogP contribution in [0, 0.1) is 0 Å². The van der Waals surface area contributed by atoms with Crippen LogP contribution in [0.2, 0.25) is 0 Å². The van der Waals surface area contributed by atoms with Crippen molar-refractivity contribution in [1.82, 2.24) is 15.5 Å². The number of carbonyl (C=O) groups excluding carboxylic acids is 1. The SMILES string of the molecule is COc1ccc(CSCC(=O)NCc2nc(-c3ccc(OC)cc3)no2)cc1. The molecule has 0 fully saturated rings. The average Bonchev–Trinajstić information content (AvgIpc) is 3.22. The molecule has 1 heterocycles. The van der Waals surface area contributed by atoms with Gasteiger partial charge in [0.2, 0.25) is 17.6 Å². The van der Waals surface area contributed by atoms with Gasteiger partial charge in [-0.05, 0) is 42.0 Å². The third-order valence-corrected chi connectivity index (χ3v) is 4.92. The maximum atomic E-state index is 12.0. The van der Waals surface area contributed by atoms with E-state index in [2.05, 4.69) is 15.5 Å². The van der Waals surface area contributed by atoms with Crippen molar-refractivity contribution in [3.8, 4) is 22.9 Å². The second kappa shape index (κ2) is 9.80. The van der Waals surface area contributed by atoms with Gasteiger partial charge in [0.25, 0.3) is 0 Å². The van der Waals surface area contributed by atoms with Gasteiger partial charge in [-0.1, -0.05) is 17.3 Å². The number of hydrogen-bond donors (Lipinski definition) is 1. The summed E-state index contributed by atoms with van der Waals surface area (Å²) in [6.07, 6.45) is 0. The molecule has 1 amide bonds. The van der Waals surface area contributed by atoms with Crippen LogP contribution in [0.5, 0.6) is 11.5 Å². The van der Waals surface area contributed by atoms with E-state index in [9.17, 15) is 4.79 Å². The molecule has 0 aliphatic rings. The third-order valence-electron chi connectivity index (χ3n) is 3.91. The Morgan fingerprint density at radius 3 is 2.32 bits per heavy atom. The number of methoxy groups -OCH3 is 2. The van der Waals surface area contributed by atoms with Gasteiger partial charge >= 0.3 is 0 Å². The number of nitrogens with one attached hydrogen (secondary N) is 1. The molecule has 7 nitrogen and oxygen atoms in total. The van der Waals surface area contributed by atoms with Crippen molar-refractivity contribution in [2.24, 2.45) is 0 Å². The van der Waals surface area contributed by atoms with E-state index in [1.807, 2.05) is 48.5 Å². The number of ether oxygens (including phenoxy) is 2. The molecule has 1 aromatic heterocycles. The minimum atomic E-state index is -0.0808. The molecule has 0 aliphatic carbocycles. The van der Waals surface area contributed by atoms with E-state index < -0.39 is 0 Å². The first-order valence-corrected chi connectivity index (χ1v) is 9.78. The lowest BCUT2D eigenvalue weighted by atomic mass is 10.2. The average molecular weight is 399 g/mol. The molecule has 8 heteroatoms. The van der Waals surface area contributed by atoms with Crippen molar-refractivity contribution >= 4 is 17.7 Å². The van der Waals surface area contributed by atoms with Crippen molar-refractivity contribution in [3.05, 3.63) is 60.0 Å². The number of nitrogens with zero attached hydrogens (tertiary/aromatic N) is 2. The second-order valence-electron chi connectivity index (χ2n) is 5.86. The van der Waals surface area contributed by atoms with E-state index in [1.54, 1.807) is 14.2 Å². The van der Waals surface area contributed by atoms with Crippen LogP contribution in [0.1, 0.15) is 11.5 Å². The van der Waals surface area contributed by atoms with Crippen LogP contribution >= 0.6 is 11.8 Å². The molecule has 28 heavy (non-hydrogen) atoms. The van der Waals surface area contributed by atoms with Gasteiger partial charge in [-0.3, -0.25) is 4.79 Å². The van der Waals surface area contributed by atoms with Crippen LogP contribution in [0.15, 0.2) is 53.1 Å². The monoisotopic (exact) mass is 399 g/mol. The summed E-state index contributed by atoms with van der Waals surface area (Å²) < 4.78 is 15.5. The fourth-order valence-corrected chi connectivity index (χ4v) is 3.21. The first kappa shape index (κ1) is 19.8. The highest BCUT2D eigenvalue weighted by atomic mass is 32.2. The van der Waals surface area contributed by atoms with E-state index in [-0.39, 0.29) is 12.5 Å². The smallest absolute Gasteiger partial charge is 0.246 e. The van der Waals surface area contributed by atoms with E-state index in [0.29, 0.717) is 17.5 Å². The van der Waals surface area contributed by atoms with Gasteiger partial charge in [0.05, 0.1) is 26.5 Å². The fraction of sp³-hybridized carbons (Fsp3) is 0.250. The lowest BCUT2D eigenvalue weighted by molar-refractivity contribution is -0.118. The van der Waals surface area contributed by atoms with Crippen LogP contribution in [-0.4, -0.2) is 36.0 Å². The van der Waals surface area contributed by atoms with E-state index in [1.165, 1.54) is 11.8 Å². The van der Waals surface area contributed by atoms with Crippen LogP contribution in [-0.2, 0) is 17.1 Å².